The average Bonchev–Trinajstić information content (AvgIpc) is 2.94. The van der Waals surface area contributed by atoms with Crippen LogP contribution in [0.3, 0.4) is 0 Å². The largest absolute Gasteiger partial charge is 0.497 e. The molecule has 0 saturated carbocycles. The number of nitrogens with zero attached hydrogens (tertiary/aromatic N) is 2. The van der Waals surface area contributed by atoms with Gasteiger partial charge in [0, 0.05) is 19.2 Å². The molecule has 0 aromatic heterocycles. The van der Waals surface area contributed by atoms with Crippen molar-refractivity contribution in [3.63, 3.8) is 0 Å². The van der Waals surface area contributed by atoms with E-state index >= 15 is 0 Å². The lowest BCUT2D eigenvalue weighted by Crippen LogP contribution is -2.53. The number of likely N-dealkylation sites (N-methyl/N-ethyl adjacent to an activating group) is 1. The normalized spacial score (nSPS) is 11.9. The van der Waals surface area contributed by atoms with Crippen LogP contribution in [0.15, 0.2) is 89.8 Å². The molecular formula is C29H35N3O5S. The molecule has 0 aliphatic heterocycles. The number of methoxy groups -OCH3 is 1. The van der Waals surface area contributed by atoms with Gasteiger partial charge in [0.2, 0.25) is 11.8 Å². The lowest BCUT2D eigenvalue weighted by molar-refractivity contribution is -0.139. The van der Waals surface area contributed by atoms with Gasteiger partial charge in [-0.15, -0.1) is 0 Å². The van der Waals surface area contributed by atoms with Gasteiger partial charge >= 0.3 is 0 Å². The molecule has 0 bridgehead atoms. The quantitative estimate of drug-likeness (QED) is 0.357. The first-order valence-corrected chi connectivity index (χ1v) is 14.1. The van der Waals surface area contributed by atoms with E-state index in [0.717, 1.165) is 9.87 Å². The molecule has 2 amide bonds. The third-order valence-electron chi connectivity index (χ3n) is 6.17. The lowest BCUT2D eigenvalue weighted by atomic mass is 10.1. The van der Waals surface area contributed by atoms with Crippen LogP contribution < -0.4 is 14.4 Å². The van der Waals surface area contributed by atoms with Crippen molar-refractivity contribution in [3.8, 4) is 5.75 Å². The van der Waals surface area contributed by atoms with Crippen molar-refractivity contribution < 1.29 is 22.7 Å². The van der Waals surface area contributed by atoms with Crippen LogP contribution in [0, 0.1) is 0 Å². The summed E-state index contributed by atoms with van der Waals surface area (Å²) in [6.07, 6.45) is 0.907. The highest BCUT2D eigenvalue weighted by molar-refractivity contribution is 7.92. The van der Waals surface area contributed by atoms with Gasteiger partial charge in [-0.1, -0.05) is 61.5 Å². The van der Waals surface area contributed by atoms with Crippen LogP contribution in [-0.2, 0) is 26.0 Å². The number of hydrogen-bond acceptors (Lipinski definition) is 5. The van der Waals surface area contributed by atoms with E-state index in [1.807, 2.05) is 44.2 Å². The highest BCUT2D eigenvalue weighted by atomic mass is 32.2. The first kappa shape index (κ1) is 28.7. The lowest BCUT2D eigenvalue weighted by Gasteiger charge is -2.33. The van der Waals surface area contributed by atoms with E-state index in [4.69, 9.17) is 4.74 Å². The van der Waals surface area contributed by atoms with Crippen LogP contribution >= 0.6 is 0 Å². The molecule has 1 unspecified atom stereocenters. The third kappa shape index (κ3) is 7.13. The number of rotatable bonds is 13. The molecule has 3 rings (SSSR count). The molecule has 0 spiro atoms. The first-order chi connectivity index (χ1) is 18.3. The van der Waals surface area contributed by atoms with Crippen molar-refractivity contribution in [2.24, 2.45) is 0 Å². The molecule has 9 heteroatoms. The maximum Gasteiger partial charge on any atom is 0.264 e. The fraction of sp³-hybridized carbons (Fsp3) is 0.310. The minimum Gasteiger partial charge on any atom is -0.497 e. The van der Waals surface area contributed by atoms with E-state index in [1.165, 1.54) is 24.1 Å². The summed E-state index contributed by atoms with van der Waals surface area (Å²) in [5.41, 5.74) is 1.30. The topological polar surface area (TPSA) is 96.0 Å². The second-order valence-corrected chi connectivity index (χ2v) is 10.5. The third-order valence-corrected chi connectivity index (χ3v) is 7.96. The van der Waals surface area contributed by atoms with Crippen LogP contribution in [0.25, 0.3) is 0 Å². The smallest absolute Gasteiger partial charge is 0.264 e. The number of ether oxygens (including phenoxy) is 1. The molecule has 202 valence electrons. The molecule has 1 N–H and O–H groups in total. The molecule has 1 atom stereocenters. The molecule has 0 aliphatic rings. The predicted molar refractivity (Wildman–Crippen MR) is 149 cm³/mol. The molecule has 38 heavy (non-hydrogen) atoms. The Kier molecular flexibility index (Phi) is 10.3. The van der Waals surface area contributed by atoms with E-state index in [9.17, 15) is 18.0 Å². The Morgan fingerprint density at radius 3 is 2.18 bits per heavy atom. The van der Waals surface area contributed by atoms with Crippen LogP contribution in [0.1, 0.15) is 25.8 Å². The SMILES string of the molecule is CCNC(=O)C(CC)N(CCc1ccccc1)C(=O)CN(c1cccc(OC)c1)S(=O)(=O)c1ccccc1. The maximum absolute atomic E-state index is 13.9. The van der Waals surface area contributed by atoms with Crippen molar-refractivity contribution >= 4 is 27.5 Å². The van der Waals surface area contributed by atoms with Gasteiger partial charge in [0.25, 0.3) is 10.0 Å². The van der Waals surface area contributed by atoms with Gasteiger partial charge in [-0.25, -0.2) is 8.42 Å². The molecule has 0 heterocycles. The molecule has 0 radical (unpaired) electrons. The van der Waals surface area contributed by atoms with Crippen molar-refractivity contribution in [1.82, 2.24) is 10.2 Å². The van der Waals surface area contributed by atoms with Gasteiger partial charge in [0.05, 0.1) is 17.7 Å². The van der Waals surface area contributed by atoms with Gasteiger partial charge in [-0.05, 0) is 49.6 Å². The maximum atomic E-state index is 13.9. The van der Waals surface area contributed by atoms with Gasteiger partial charge in [0.15, 0.2) is 0 Å². The van der Waals surface area contributed by atoms with Crippen LogP contribution in [0.5, 0.6) is 5.75 Å². The Morgan fingerprint density at radius 1 is 0.921 bits per heavy atom. The highest BCUT2D eigenvalue weighted by Gasteiger charge is 2.33. The Bertz CT molecular complexity index is 1300. The number of nitrogens with one attached hydrogen (secondary N) is 1. The molecule has 3 aromatic rings. The summed E-state index contributed by atoms with van der Waals surface area (Å²) >= 11 is 0. The summed E-state index contributed by atoms with van der Waals surface area (Å²) in [4.78, 5) is 28.4. The summed E-state index contributed by atoms with van der Waals surface area (Å²) in [6.45, 7) is 3.86. The van der Waals surface area contributed by atoms with Gasteiger partial charge in [0.1, 0.15) is 18.3 Å². The van der Waals surface area contributed by atoms with Crippen LogP contribution in [-0.4, -0.2) is 57.9 Å². The number of carbonyl (C=O) groups excluding carboxylic acids is 2. The van der Waals surface area contributed by atoms with Gasteiger partial charge < -0.3 is 15.0 Å². The van der Waals surface area contributed by atoms with Crippen molar-refractivity contribution in [2.75, 3.05) is 31.0 Å². The Hall–Kier alpha value is -3.85. The number of sulfonamides is 1. The number of hydrogen-bond donors (Lipinski definition) is 1. The summed E-state index contributed by atoms with van der Waals surface area (Å²) in [5.74, 6) is -0.283. The van der Waals surface area contributed by atoms with Crippen LogP contribution in [0.4, 0.5) is 5.69 Å². The van der Waals surface area contributed by atoms with Gasteiger partial charge in [-0.2, -0.15) is 0 Å². The fourth-order valence-corrected chi connectivity index (χ4v) is 5.63. The number of benzene rings is 3. The second kappa shape index (κ2) is 13.6. The Morgan fingerprint density at radius 2 is 1.58 bits per heavy atom. The zero-order valence-electron chi connectivity index (χ0n) is 22.0. The monoisotopic (exact) mass is 537 g/mol. The molecule has 8 nitrogen and oxygen atoms in total. The average molecular weight is 538 g/mol. The van der Waals surface area contributed by atoms with E-state index < -0.39 is 28.5 Å². The highest BCUT2D eigenvalue weighted by Crippen LogP contribution is 2.27. The Balaban J connectivity index is 2.01. The Labute approximate surface area is 225 Å². The molecule has 0 saturated heterocycles. The second-order valence-electron chi connectivity index (χ2n) is 8.67. The number of carbonyl (C=O) groups is 2. The van der Waals surface area contributed by atoms with Crippen molar-refractivity contribution in [3.05, 3.63) is 90.5 Å². The molecule has 0 aliphatic carbocycles. The predicted octanol–water partition coefficient (Wildman–Crippen LogP) is 3.88. The standard InChI is InChI=1S/C29H35N3O5S/c1-4-27(29(34)30-5-2)31(20-19-23-13-8-6-9-14-23)28(33)22-32(24-15-12-16-25(21-24)37-3)38(35,36)26-17-10-7-11-18-26/h6-18,21,27H,4-5,19-20,22H2,1-3H3,(H,30,34). The summed E-state index contributed by atoms with van der Waals surface area (Å²) in [7, 11) is -2.62. The van der Waals surface area contributed by atoms with Crippen LogP contribution in [0.2, 0.25) is 0 Å². The zero-order valence-corrected chi connectivity index (χ0v) is 22.9. The van der Waals surface area contributed by atoms with Crippen molar-refractivity contribution in [2.45, 2.75) is 37.6 Å². The first-order valence-electron chi connectivity index (χ1n) is 12.6. The summed E-state index contributed by atoms with van der Waals surface area (Å²) < 4.78 is 33.9. The summed E-state index contributed by atoms with van der Waals surface area (Å²) in [5, 5.41) is 2.81. The number of amides is 2. The minimum absolute atomic E-state index is 0.0576. The van der Waals surface area contributed by atoms with Crippen molar-refractivity contribution in [1.29, 1.82) is 0 Å². The minimum atomic E-state index is -4.11. The van der Waals surface area contributed by atoms with E-state index in [2.05, 4.69) is 5.32 Å². The van der Waals surface area contributed by atoms with Gasteiger partial charge in [-0.3, -0.25) is 13.9 Å². The molecular weight excluding hydrogens is 502 g/mol. The fourth-order valence-electron chi connectivity index (χ4n) is 4.20. The van der Waals surface area contributed by atoms with E-state index in [-0.39, 0.29) is 23.0 Å². The molecule has 3 aromatic carbocycles. The zero-order chi connectivity index (χ0) is 27.5. The summed E-state index contributed by atoms with van der Waals surface area (Å²) in [6, 6.07) is 23.4. The van der Waals surface area contributed by atoms with E-state index in [1.54, 1.807) is 42.5 Å². The molecule has 0 fully saturated rings. The number of anilines is 1. The van der Waals surface area contributed by atoms with E-state index in [0.29, 0.717) is 25.1 Å².